The van der Waals surface area contributed by atoms with Gasteiger partial charge in [0.15, 0.2) is 0 Å². The molecule has 1 aromatic heterocycles. The topological polar surface area (TPSA) is 22.1 Å². The van der Waals surface area contributed by atoms with E-state index in [1.165, 1.54) is 0 Å². The molecule has 0 atom stereocenters. The first-order chi connectivity index (χ1) is 6.72. The van der Waals surface area contributed by atoms with Gasteiger partial charge in [-0.05, 0) is 15.9 Å². The van der Waals surface area contributed by atoms with E-state index in [0.717, 1.165) is 0 Å². The summed E-state index contributed by atoms with van der Waals surface area (Å²) < 4.78 is 51.9. The fourth-order valence-electron chi connectivity index (χ4n) is 0.412. The summed E-state index contributed by atoms with van der Waals surface area (Å²) in [4.78, 5) is 3.17. The highest BCUT2D eigenvalue weighted by molar-refractivity contribution is 9.10. The molecule has 0 N–H and O–H groups in total. The molecule has 54 valence electrons. The Labute approximate surface area is 73.2 Å². The molecule has 0 aliphatic rings. The molecule has 0 unspecified atom stereocenters. The molecule has 0 spiro atoms. The lowest BCUT2D eigenvalue weighted by molar-refractivity contribution is 0.408. The van der Waals surface area contributed by atoms with Crippen molar-refractivity contribution in [2.75, 3.05) is 7.04 Å². The van der Waals surface area contributed by atoms with Gasteiger partial charge in [-0.2, -0.15) is 4.39 Å². The minimum atomic E-state index is -2.83. The summed E-state index contributed by atoms with van der Waals surface area (Å²) in [5.74, 6) is -1.86. The van der Waals surface area contributed by atoms with Crippen molar-refractivity contribution < 1.29 is 16.0 Å². The molecule has 0 saturated heterocycles. The molecule has 0 aliphatic carbocycles. The van der Waals surface area contributed by atoms with E-state index in [1.54, 1.807) is 0 Å². The van der Waals surface area contributed by atoms with Crippen molar-refractivity contribution in [2.45, 2.75) is 0 Å². The van der Waals surface area contributed by atoms with Crippen LogP contribution in [0.4, 0.5) is 4.39 Å². The molecular formula is C6H5BrFNO. The second kappa shape index (κ2) is 2.96. The zero-order valence-electron chi connectivity index (χ0n) is 9.61. The van der Waals surface area contributed by atoms with Crippen LogP contribution in [-0.2, 0) is 0 Å². The maximum absolute atomic E-state index is 12.9. The number of ether oxygens (including phenoxy) is 1. The van der Waals surface area contributed by atoms with E-state index in [1.807, 2.05) is 0 Å². The van der Waals surface area contributed by atoms with Gasteiger partial charge in [-0.25, -0.2) is 4.98 Å². The van der Waals surface area contributed by atoms with Crippen molar-refractivity contribution in [1.82, 2.24) is 4.98 Å². The van der Waals surface area contributed by atoms with Crippen molar-refractivity contribution in [2.24, 2.45) is 0 Å². The summed E-state index contributed by atoms with van der Waals surface area (Å²) in [5, 5.41) is 0. The monoisotopic (exact) mass is 210 g/mol. The maximum atomic E-state index is 12.9. The Morgan fingerprint density at radius 1 is 1.90 bits per heavy atom. The van der Waals surface area contributed by atoms with Crippen LogP contribution in [0.15, 0.2) is 16.7 Å². The van der Waals surface area contributed by atoms with Gasteiger partial charge in [-0.1, -0.05) is 0 Å². The Balaban J connectivity index is 3.27. The number of hydrogen-bond donors (Lipinski definition) is 0. The molecular weight excluding hydrogens is 201 g/mol. The Bertz CT molecular complexity index is 370. The van der Waals surface area contributed by atoms with E-state index >= 15 is 0 Å². The van der Waals surface area contributed by atoms with E-state index in [9.17, 15) is 4.39 Å². The van der Waals surface area contributed by atoms with Gasteiger partial charge in [0.05, 0.1) is 13.9 Å². The van der Waals surface area contributed by atoms with Crippen LogP contribution >= 0.6 is 15.9 Å². The molecule has 0 fully saturated rings. The minimum absolute atomic E-state index is 0.213. The average molecular weight is 211 g/mol. The van der Waals surface area contributed by atoms with Gasteiger partial charge in [0, 0.05) is 12.1 Å². The smallest absolute Gasteiger partial charge is 0.217 e. The lowest BCUT2D eigenvalue weighted by Crippen LogP contribution is -1.87. The lowest BCUT2D eigenvalue weighted by atomic mass is 10.4. The minimum Gasteiger partial charge on any atom is -0.496 e. The third-order valence-corrected chi connectivity index (χ3v) is 1.11. The lowest BCUT2D eigenvalue weighted by Gasteiger charge is -1.98. The standard InChI is InChI=1S/C6H5BrFNO/c1-10-4-2-5(7)9-6(8)3-4/h2-3H,1H3/i1D3,2D,3D. The normalized spacial score (nSPS) is 18.0. The molecule has 10 heavy (non-hydrogen) atoms. The fourth-order valence-corrected chi connectivity index (χ4v) is 0.747. The molecule has 0 radical (unpaired) electrons. The maximum Gasteiger partial charge on any atom is 0.217 e. The average Bonchev–Trinajstić information content (AvgIpc) is 2.08. The Morgan fingerprint density at radius 2 is 2.70 bits per heavy atom. The van der Waals surface area contributed by atoms with Crippen LogP contribution in [0, 0.1) is 5.95 Å². The summed E-state index contributed by atoms with van der Waals surface area (Å²) >= 11 is 2.75. The number of aromatic nitrogens is 1. The number of methoxy groups -OCH3 is 1. The van der Waals surface area contributed by atoms with Crippen molar-refractivity contribution in [3.63, 3.8) is 0 Å². The molecule has 0 saturated carbocycles. The van der Waals surface area contributed by atoms with Crippen LogP contribution in [0.25, 0.3) is 0 Å². The largest absolute Gasteiger partial charge is 0.496 e. The van der Waals surface area contributed by atoms with Gasteiger partial charge in [-0.3, -0.25) is 0 Å². The highest BCUT2D eigenvalue weighted by Crippen LogP contribution is 2.16. The van der Waals surface area contributed by atoms with Gasteiger partial charge in [0.2, 0.25) is 5.95 Å². The highest BCUT2D eigenvalue weighted by Gasteiger charge is 1.97. The van der Waals surface area contributed by atoms with E-state index in [4.69, 9.17) is 6.85 Å². The Kier molecular flexibility index (Phi) is 0.940. The molecule has 1 aromatic rings. The number of nitrogens with zero attached hydrogens (tertiary/aromatic N) is 1. The SMILES string of the molecule is [2H]c1c(F)nc(Br)c([2H])c1OC([2H])([2H])[2H]. The van der Waals surface area contributed by atoms with E-state index in [0.29, 0.717) is 0 Å². The van der Waals surface area contributed by atoms with Crippen LogP contribution in [0.5, 0.6) is 5.75 Å². The van der Waals surface area contributed by atoms with Gasteiger partial charge in [-0.15, -0.1) is 0 Å². The second-order valence-electron chi connectivity index (χ2n) is 1.37. The van der Waals surface area contributed by atoms with Gasteiger partial charge < -0.3 is 4.74 Å². The molecule has 0 amide bonds. The molecule has 1 rings (SSSR count). The number of halogens is 2. The van der Waals surface area contributed by atoms with Crippen LogP contribution in [0.1, 0.15) is 6.85 Å². The summed E-state index contributed by atoms with van der Waals surface area (Å²) in [6.07, 6.45) is 0. The van der Waals surface area contributed by atoms with E-state index in [-0.39, 0.29) is 4.60 Å². The van der Waals surface area contributed by atoms with Crippen LogP contribution in [-0.4, -0.2) is 12.0 Å². The van der Waals surface area contributed by atoms with Crippen molar-refractivity contribution >= 4 is 15.9 Å². The quantitative estimate of drug-likeness (QED) is 0.662. The molecule has 1 heterocycles. The van der Waals surface area contributed by atoms with Gasteiger partial charge >= 0.3 is 0 Å². The summed E-state index contributed by atoms with van der Waals surface area (Å²) in [6, 6.07) is -1.32. The zero-order chi connectivity index (χ0) is 11.8. The zero-order valence-corrected chi connectivity index (χ0v) is 6.20. The van der Waals surface area contributed by atoms with Crippen LogP contribution in [0.3, 0.4) is 0 Å². The Morgan fingerprint density at radius 3 is 3.40 bits per heavy atom. The van der Waals surface area contributed by atoms with Crippen LogP contribution < -0.4 is 4.74 Å². The summed E-state index contributed by atoms with van der Waals surface area (Å²) in [5.41, 5.74) is 0. The fraction of sp³-hybridized carbons (Fsp3) is 0.167. The first kappa shape index (κ1) is 3.17. The predicted molar refractivity (Wildman–Crippen MR) is 38.4 cm³/mol. The van der Waals surface area contributed by atoms with E-state index < -0.39 is 30.8 Å². The summed E-state index contributed by atoms with van der Waals surface area (Å²) in [7, 11) is -2.83. The molecule has 2 nitrogen and oxygen atoms in total. The Hall–Kier alpha value is -0.640. The van der Waals surface area contributed by atoms with Crippen molar-refractivity contribution in [1.29, 1.82) is 0 Å². The molecule has 4 heteroatoms. The number of pyridine rings is 1. The predicted octanol–water partition coefficient (Wildman–Crippen LogP) is 1.99. The number of rotatable bonds is 1. The molecule has 0 bridgehead atoms. The molecule has 0 aliphatic heterocycles. The van der Waals surface area contributed by atoms with Crippen molar-refractivity contribution in [3.8, 4) is 5.75 Å². The van der Waals surface area contributed by atoms with Gasteiger partial charge in [0.1, 0.15) is 10.4 Å². The first-order valence-corrected chi connectivity index (χ1v) is 3.03. The molecule has 0 aromatic carbocycles. The summed E-state index contributed by atoms with van der Waals surface area (Å²) in [6.45, 7) is 0. The number of hydrogen-bond acceptors (Lipinski definition) is 2. The first-order valence-electron chi connectivity index (χ1n) is 4.73. The highest BCUT2D eigenvalue weighted by atomic mass is 79.9. The third kappa shape index (κ3) is 1.67. The van der Waals surface area contributed by atoms with Gasteiger partial charge in [0.25, 0.3) is 0 Å². The van der Waals surface area contributed by atoms with Crippen LogP contribution in [0.2, 0.25) is 0 Å². The van der Waals surface area contributed by atoms with E-state index in [2.05, 4.69) is 25.7 Å². The third-order valence-electron chi connectivity index (χ3n) is 0.732. The second-order valence-corrected chi connectivity index (χ2v) is 2.13. The van der Waals surface area contributed by atoms with Crippen molar-refractivity contribution in [3.05, 3.63) is 22.6 Å².